The Morgan fingerprint density at radius 1 is 0.482 bits per heavy atom. The molecule has 10 aliphatic carbocycles. The molecule has 6 N–H and O–H groups in total. The molecule has 472 valence electrons. The normalized spacial score (nSPS) is 45.3. The highest BCUT2D eigenvalue weighted by molar-refractivity contribution is 5.85. The van der Waals surface area contributed by atoms with E-state index in [0.717, 1.165) is 109 Å². The lowest BCUT2D eigenvalue weighted by molar-refractivity contribution is -0.215. The fourth-order valence-corrected chi connectivity index (χ4v) is 23.9. The topological polar surface area (TPSA) is 201 Å². The number of aliphatic hydroxyl groups is 4. The number of aromatic nitrogens is 6. The third-order valence-corrected chi connectivity index (χ3v) is 29.5. The van der Waals surface area contributed by atoms with Crippen molar-refractivity contribution in [2.45, 2.75) is 282 Å². The maximum absolute atomic E-state index is 14.9. The number of unbranched alkanes of at least 4 members (excludes halogenated alkanes) is 2. The van der Waals surface area contributed by atoms with Crippen molar-refractivity contribution in [1.82, 2.24) is 40.6 Å². The van der Waals surface area contributed by atoms with Crippen LogP contribution in [0.1, 0.15) is 243 Å². The first-order chi connectivity index (χ1) is 39.7. The summed E-state index contributed by atoms with van der Waals surface area (Å²) in [6, 6.07) is 0. The van der Waals surface area contributed by atoms with Crippen LogP contribution in [0.4, 0.5) is 0 Å². The number of hydrogen-bond donors (Lipinski definition) is 6. The molecule has 2 aromatic rings. The van der Waals surface area contributed by atoms with E-state index in [-0.39, 0.29) is 103 Å². The first-order valence-electron chi connectivity index (χ1n) is 34.2. The van der Waals surface area contributed by atoms with Gasteiger partial charge in [-0.2, -0.15) is 0 Å². The number of carbonyl (C=O) groups is 2. The van der Waals surface area contributed by atoms with Gasteiger partial charge < -0.3 is 31.1 Å². The Labute approximate surface area is 510 Å². The third-order valence-electron chi connectivity index (χ3n) is 29.5. The van der Waals surface area contributed by atoms with Gasteiger partial charge in [0.25, 0.3) is 0 Å². The van der Waals surface area contributed by atoms with Crippen LogP contribution in [0.15, 0.2) is 35.7 Å². The van der Waals surface area contributed by atoms with Crippen LogP contribution in [0.25, 0.3) is 0 Å². The van der Waals surface area contributed by atoms with Gasteiger partial charge in [0.05, 0.1) is 60.7 Å². The molecule has 85 heavy (non-hydrogen) atoms. The summed E-state index contributed by atoms with van der Waals surface area (Å²) in [5.41, 5.74) is 2.01. The van der Waals surface area contributed by atoms with Crippen molar-refractivity contribution in [3.8, 4) is 0 Å². The zero-order chi connectivity index (χ0) is 61.1. The summed E-state index contributed by atoms with van der Waals surface area (Å²) in [6.45, 7) is 35.4. The Morgan fingerprint density at radius 3 is 1.26 bits per heavy atom. The smallest absolute Gasteiger partial charge is 0.229 e. The van der Waals surface area contributed by atoms with E-state index >= 15 is 0 Å². The van der Waals surface area contributed by atoms with E-state index in [0.29, 0.717) is 73.8 Å². The molecule has 0 saturated heterocycles. The highest BCUT2D eigenvalue weighted by Crippen LogP contribution is 2.78. The van der Waals surface area contributed by atoms with Crippen LogP contribution >= 0.6 is 0 Å². The highest BCUT2D eigenvalue weighted by atomic mass is 16.3. The number of aliphatic hydroxyl groups excluding tert-OH is 4. The first kappa shape index (κ1) is 61.8. The molecule has 14 heteroatoms. The molecule has 0 aromatic carbocycles. The quantitative estimate of drug-likeness (QED) is 0.0877. The lowest BCUT2D eigenvalue weighted by Crippen LogP contribution is -2.68. The van der Waals surface area contributed by atoms with Gasteiger partial charge >= 0.3 is 0 Å². The number of amides is 2. The molecule has 18 atom stereocenters. The van der Waals surface area contributed by atoms with Gasteiger partial charge in [0.1, 0.15) is 11.4 Å². The van der Waals surface area contributed by atoms with Gasteiger partial charge in [-0.3, -0.25) is 19.0 Å². The SMILES string of the molecule is CC1(C)CC[C@@]2(C(=O)NCc3cn(CCCCCn4cc(CNC(=O)[C@]56CCC(C)(C)CC5C5=CCC7[C@@]8(C)CC[C@H](O)C(C)(C)C8CC[C@@]7(C)[C@]5(C)C[C@H]6O)nn4)nn3)C(C1)C1=CCC3[C@@]4(C)CC[C@H](O)C(C)(C)C4CC[C@@]3(C)[C@]1(C)C[C@H]2O. The Hall–Kier alpha value is -3.46. The molecular weight excluding hydrogens is 1060 g/mol. The first-order valence-corrected chi connectivity index (χ1v) is 34.2. The number of rotatable bonds is 12. The molecule has 2 heterocycles. The van der Waals surface area contributed by atoms with Gasteiger partial charge in [-0.1, -0.05) is 131 Å². The molecule has 0 aliphatic heterocycles. The lowest BCUT2D eigenvalue weighted by Gasteiger charge is -2.71. The summed E-state index contributed by atoms with van der Waals surface area (Å²) in [5, 5.41) is 72.4. The maximum Gasteiger partial charge on any atom is 0.229 e. The molecule has 0 spiro atoms. The van der Waals surface area contributed by atoms with E-state index in [1.165, 1.54) is 11.1 Å². The van der Waals surface area contributed by atoms with E-state index in [4.69, 9.17) is 0 Å². The van der Waals surface area contributed by atoms with Crippen LogP contribution < -0.4 is 10.6 Å². The molecule has 8 fully saturated rings. The van der Waals surface area contributed by atoms with E-state index in [9.17, 15) is 30.0 Å². The molecule has 14 nitrogen and oxygen atoms in total. The predicted octanol–water partition coefficient (Wildman–Crippen LogP) is 12.2. The van der Waals surface area contributed by atoms with Crippen molar-refractivity contribution in [2.24, 2.45) is 100 Å². The van der Waals surface area contributed by atoms with Crippen molar-refractivity contribution in [3.05, 3.63) is 47.1 Å². The minimum Gasteiger partial charge on any atom is -0.393 e. The molecule has 6 unspecified atom stereocenters. The summed E-state index contributed by atoms with van der Waals surface area (Å²) in [7, 11) is 0. The number of nitrogens with zero attached hydrogens (tertiary/aromatic N) is 6. The summed E-state index contributed by atoms with van der Waals surface area (Å²) in [4.78, 5) is 29.9. The van der Waals surface area contributed by atoms with Crippen molar-refractivity contribution in [2.75, 3.05) is 0 Å². The summed E-state index contributed by atoms with van der Waals surface area (Å²) >= 11 is 0. The molecule has 2 aromatic heterocycles. The number of nitrogens with one attached hydrogen (secondary N) is 2. The minimum absolute atomic E-state index is 0.0234. The molecule has 8 saturated carbocycles. The van der Waals surface area contributed by atoms with Crippen molar-refractivity contribution < 1.29 is 30.0 Å². The summed E-state index contributed by atoms with van der Waals surface area (Å²) in [6.07, 6.45) is 25.8. The van der Waals surface area contributed by atoms with Gasteiger partial charge in [-0.15, -0.1) is 10.2 Å². The highest BCUT2D eigenvalue weighted by Gasteiger charge is 2.73. The van der Waals surface area contributed by atoms with Crippen LogP contribution in [0.5, 0.6) is 0 Å². The molecule has 0 bridgehead atoms. The van der Waals surface area contributed by atoms with Crippen molar-refractivity contribution in [1.29, 1.82) is 0 Å². The maximum atomic E-state index is 14.9. The number of hydrogen-bond acceptors (Lipinski definition) is 10. The Kier molecular flexibility index (Phi) is 14.9. The van der Waals surface area contributed by atoms with E-state index in [1.54, 1.807) is 0 Å². The second-order valence-corrected chi connectivity index (χ2v) is 35.1. The predicted molar refractivity (Wildman–Crippen MR) is 330 cm³/mol. The van der Waals surface area contributed by atoms with Gasteiger partial charge in [-0.25, -0.2) is 0 Å². The van der Waals surface area contributed by atoms with Crippen LogP contribution in [-0.4, -0.2) is 86.6 Å². The zero-order valence-electron chi connectivity index (χ0n) is 55.0. The molecular formula is C71H112N8O6. The third kappa shape index (κ3) is 9.03. The Morgan fingerprint density at radius 2 is 0.871 bits per heavy atom. The summed E-state index contributed by atoms with van der Waals surface area (Å²) in [5.74, 6) is 1.61. The largest absolute Gasteiger partial charge is 0.393 e. The Balaban J connectivity index is 0.643. The number of allylic oxidation sites excluding steroid dienone is 4. The number of fused-ring (bicyclic) bond motifs is 14. The second kappa shape index (κ2) is 20.5. The van der Waals surface area contributed by atoms with Gasteiger partial charge in [0.2, 0.25) is 11.8 Å². The minimum atomic E-state index is -0.899. The average Bonchev–Trinajstić information content (AvgIpc) is 1.31. The van der Waals surface area contributed by atoms with Gasteiger partial charge in [-0.05, 0) is 224 Å². The molecule has 0 radical (unpaired) electrons. The fraction of sp³-hybridized carbons (Fsp3) is 0.859. The van der Waals surface area contributed by atoms with E-state index in [2.05, 4.69) is 140 Å². The summed E-state index contributed by atoms with van der Waals surface area (Å²) < 4.78 is 3.74. The lowest BCUT2D eigenvalue weighted by atomic mass is 9.33. The van der Waals surface area contributed by atoms with Crippen molar-refractivity contribution in [3.63, 3.8) is 0 Å². The number of aryl methyl sites for hydroxylation is 2. The monoisotopic (exact) mass is 1170 g/mol. The van der Waals surface area contributed by atoms with Crippen molar-refractivity contribution >= 4 is 11.8 Å². The zero-order valence-corrected chi connectivity index (χ0v) is 55.0. The molecule has 10 aliphatic rings. The van der Waals surface area contributed by atoms with Gasteiger partial charge in [0.15, 0.2) is 0 Å². The van der Waals surface area contributed by atoms with E-state index in [1.807, 2.05) is 21.8 Å². The van der Waals surface area contributed by atoms with Crippen LogP contribution in [0.3, 0.4) is 0 Å². The Bertz CT molecular complexity index is 2780. The van der Waals surface area contributed by atoms with Gasteiger partial charge in [0, 0.05) is 13.1 Å². The average molecular weight is 1170 g/mol. The molecule has 12 rings (SSSR count). The molecule has 2 amide bonds. The number of carbonyl (C=O) groups excluding carboxylic acids is 2. The fourth-order valence-electron chi connectivity index (χ4n) is 23.9. The standard InChI is InChI=1S/C71H112N8O6/c1-60(2)30-32-70(48(36-60)46-18-20-52-64(9)26-24-54(80)62(5,6)50(64)22-28-66(52,11)68(46,13)38-56(70)82)58(84)72-40-44-42-78(76-74-44)34-16-15-17-35-79-43-45(75-77-79)41-73-59(85)71-33-31-61(3,4)37-49(71)47-19-21-53-65(10)27-25-55(81)63(7,8)51(65)23-29-67(53,12)69(47,14)39-57(71)83/h18-19,42-43,48-57,80-83H,15-17,20-41H2,1-14H3,(H,72,84)(H,73,85)/t48?,49?,50?,51?,52?,53?,54-,55-,56+,57+,64-,65-,66+,67+,68+,69+,70+,71+/m0/s1. The van der Waals surface area contributed by atoms with Crippen LogP contribution in [0, 0.1) is 100 Å². The van der Waals surface area contributed by atoms with Crippen LogP contribution in [-0.2, 0) is 35.8 Å². The second-order valence-electron chi connectivity index (χ2n) is 35.1. The van der Waals surface area contributed by atoms with Crippen LogP contribution in [0.2, 0.25) is 0 Å². The van der Waals surface area contributed by atoms with E-state index < -0.39 is 23.0 Å².